The molecular formula is C22H19ClF2N4O3. The summed E-state index contributed by atoms with van der Waals surface area (Å²) in [5.74, 6) is -4.18. The van der Waals surface area contributed by atoms with Crippen molar-refractivity contribution in [3.8, 4) is 16.9 Å². The quantitative estimate of drug-likeness (QED) is 0.623. The van der Waals surface area contributed by atoms with Gasteiger partial charge in [0.1, 0.15) is 11.7 Å². The Labute approximate surface area is 186 Å². The van der Waals surface area contributed by atoms with Gasteiger partial charge in [0, 0.05) is 23.2 Å². The zero-order valence-corrected chi connectivity index (χ0v) is 17.5. The van der Waals surface area contributed by atoms with Crippen molar-refractivity contribution in [1.82, 2.24) is 20.1 Å². The Balaban J connectivity index is 1.77. The highest BCUT2D eigenvalue weighted by molar-refractivity contribution is 6.30. The lowest BCUT2D eigenvalue weighted by Crippen LogP contribution is -2.54. The zero-order valence-electron chi connectivity index (χ0n) is 16.7. The molecule has 1 saturated carbocycles. The molecule has 2 atom stereocenters. The Morgan fingerprint density at radius 3 is 2.69 bits per heavy atom. The minimum Gasteiger partial charge on any atom is -0.385 e. The number of benzene rings is 1. The minimum atomic E-state index is -3.31. The summed E-state index contributed by atoms with van der Waals surface area (Å²) in [6.45, 7) is 0. The minimum absolute atomic E-state index is 0.140. The summed E-state index contributed by atoms with van der Waals surface area (Å²) in [4.78, 5) is 30.0. The number of alkyl halides is 2. The van der Waals surface area contributed by atoms with E-state index in [1.54, 1.807) is 36.4 Å². The summed E-state index contributed by atoms with van der Waals surface area (Å²) in [6.07, 6.45) is 0.765. The maximum absolute atomic E-state index is 13.9. The molecule has 2 N–H and O–H groups in total. The number of amides is 1. The van der Waals surface area contributed by atoms with Gasteiger partial charge in [-0.15, -0.1) is 0 Å². The molecule has 10 heteroatoms. The number of carbonyl (C=O) groups excluding carboxylic acids is 1. The fourth-order valence-corrected chi connectivity index (χ4v) is 3.75. The summed E-state index contributed by atoms with van der Waals surface area (Å²) in [5, 5.41) is 17.2. The predicted octanol–water partition coefficient (Wildman–Crippen LogP) is 3.23. The van der Waals surface area contributed by atoms with E-state index < -0.39 is 36.0 Å². The van der Waals surface area contributed by atoms with Crippen LogP contribution in [0.3, 0.4) is 0 Å². The van der Waals surface area contributed by atoms with Crippen LogP contribution in [0.1, 0.15) is 29.6 Å². The Bertz CT molecular complexity index is 1190. The van der Waals surface area contributed by atoms with Gasteiger partial charge in [-0.3, -0.25) is 14.6 Å². The van der Waals surface area contributed by atoms with E-state index >= 15 is 0 Å². The van der Waals surface area contributed by atoms with Gasteiger partial charge in [-0.1, -0.05) is 23.7 Å². The highest BCUT2D eigenvalue weighted by Crippen LogP contribution is 2.33. The smallest absolute Gasteiger partial charge is 0.284 e. The molecule has 0 saturated heterocycles. The lowest BCUT2D eigenvalue weighted by atomic mass is 9.89. The second-order valence-corrected chi connectivity index (χ2v) is 7.99. The summed E-state index contributed by atoms with van der Waals surface area (Å²) in [7, 11) is 0. The monoisotopic (exact) mass is 460 g/mol. The molecule has 166 valence electrons. The van der Waals surface area contributed by atoms with Gasteiger partial charge in [-0.05, 0) is 43.2 Å². The van der Waals surface area contributed by atoms with E-state index in [9.17, 15) is 23.5 Å². The molecule has 4 rings (SSSR count). The number of aliphatic hydroxyl groups is 1. The van der Waals surface area contributed by atoms with Crippen LogP contribution in [-0.4, -0.2) is 43.8 Å². The molecule has 2 heterocycles. The Kier molecular flexibility index (Phi) is 6.03. The molecular weight excluding hydrogens is 442 g/mol. The fourth-order valence-electron chi connectivity index (χ4n) is 3.63. The van der Waals surface area contributed by atoms with Crippen molar-refractivity contribution >= 4 is 17.5 Å². The van der Waals surface area contributed by atoms with Crippen molar-refractivity contribution in [3.05, 3.63) is 75.8 Å². The van der Waals surface area contributed by atoms with Gasteiger partial charge in [0.05, 0.1) is 23.6 Å². The molecule has 0 bridgehead atoms. The summed E-state index contributed by atoms with van der Waals surface area (Å²) in [6, 6.07) is 9.95. The number of carbonyl (C=O) groups is 1. The lowest BCUT2D eigenvalue weighted by molar-refractivity contribution is -0.141. The van der Waals surface area contributed by atoms with Crippen LogP contribution >= 0.6 is 11.6 Å². The number of halogens is 3. The van der Waals surface area contributed by atoms with Gasteiger partial charge in [0.25, 0.3) is 17.4 Å². The number of nitrogens with one attached hydrogen (secondary N) is 1. The van der Waals surface area contributed by atoms with E-state index in [0.29, 0.717) is 22.0 Å². The zero-order chi connectivity index (χ0) is 22.9. The van der Waals surface area contributed by atoms with Crippen LogP contribution < -0.4 is 10.9 Å². The largest absolute Gasteiger partial charge is 0.385 e. The normalized spacial score (nSPS) is 20.0. The molecule has 0 spiro atoms. The number of rotatable bonds is 4. The molecule has 0 unspecified atom stereocenters. The number of aromatic nitrogens is 3. The molecule has 1 aromatic carbocycles. The molecule has 0 radical (unpaired) electrons. The van der Waals surface area contributed by atoms with Crippen LogP contribution in [0.4, 0.5) is 8.78 Å². The summed E-state index contributed by atoms with van der Waals surface area (Å²) in [5.41, 5.74) is 0.168. The molecule has 1 aliphatic carbocycles. The molecule has 32 heavy (non-hydrogen) atoms. The first-order chi connectivity index (χ1) is 15.3. The molecule has 0 aliphatic heterocycles. The second kappa shape index (κ2) is 8.76. The first-order valence-corrected chi connectivity index (χ1v) is 10.3. The van der Waals surface area contributed by atoms with Crippen molar-refractivity contribution in [1.29, 1.82) is 0 Å². The summed E-state index contributed by atoms with van der Waals surface area (Å²) >= 11 is 5.95. The van der Waals surface area contributed by atoms with E-state index in [2.05, 4.69) is 15.4 Å². The van der Waals surface area contributed by atoms with Gasteiger partial charge in [-0.2, -0.15) is 9.78 Å². The van der Waals surface area contributed by atoms with E-state index in [0.717, 1.165) is 4.68 Å². The first kappa shape index (κ1) is 22.0. The molecule has 3 aromatic rings. The highest BCUT2D eigenvalue weighted by atomic mass is 35.5. The van der Waals surface area contributed by atoms with Crippen molar-refractivity contribution in [2.75, 3.05) is 0 Å². The van der Waals surface area contributed by atoms with Gasteiger partial charge in [0.15, 0.2) is 0 Å². The third-order valence-corrected chi connectivity index (χ3v) is 5.59. The van der Waals surface area contributed by atoms with Crippen LogP contribution in [-0.2, 0) is 0 Å². The molecule has 7 nitrogen and oxygen atoms in total. The van der Waals surface area contributed by atoms with Crippen LogP contribution in [0.2, 0.25) is 5.02 Å². The molecule has 1 amide bonds. The number of hydrogen-bond donors (Lipinski definition) is 2. The van der Waals surface area contributed by atoms with Crippen molar-refractivity contribution in [3.63, 3.8) is 0 Å². The van der Waals surface area contributed by atoms with Crippen molar-refractivity contribution in [2.45, 2.75) is 37.3 Å². The highest BCUT2D eigenvalue weighted by Gasteiger charge is 2.46. The SMILES string of the molecule is O=C(N[C@H]1CCCC(F)(F)[C@@H]1O)c1cc(-c2ccc(Cl)cc2)nn(-c2cccnc2)c1=O. The third kappa shape index (κ3) is 4.39. The van der Waals surface area contributed by atoms with E-state index in [-0.39, 0.29) is 18.4 Å². The Hall–Kier alpha value is -3.17. The fraction of sp³-hybridized carbons (Fsp3) is 0.273. The third-order valence-electron chi connectivity index (χ3n) is 5.34. The molecule has 2 aromatic heterocycles. The second-order valence-electron chi connectivity index (χ2n) is 7.56. The maximum atomic E-state index is 13.9. The molecule has 1 aliphatic rings. The van der Waals surface area contributed by atoms with Crippen LogP contribution in [0.15, 0.2) is 59.7 Å². The van der Waals surface area contributed by atoms with Crippen LogP contribution in [0.5, 0.6) is 0 Å². The topological polar surface area (TPSA) is 97.1 Å². The Morgan fingerprint density at radius 1 is 1.25 bits per heavy atom. The maximum Gasteiger partial charge on any atom is 0.284 e. The van der Waals surface area contributed by atoms with Crippen LogP contribution in [0.25, 0.3) is 16.9 Å². The number of aliphatic hydroxyl groups excluding tert-OH is 1. The Morgan fingerprint density at radius 2 is 2.00 bits per heavy atom. The number of hydrogen-bond acceptors (Lipinski definition) is 5. The molecule has 1 fully saturated rings. The van der Waals surface area contributed by atoms with Gasteiger partial charge < -0.3 is 10.4 Å². The average molecular weight is 461 g/mol. The predicted molar refractivity (Wildman–Crippen MR) is 114 cm³/mol. The average Bonchev–Trinajstić information content (AvgIpc) is 2.78. The first-order valence-electron chi connectivity index (χ1n) is 9.94. The summed E-state index contributed by atoms with van der Waals surface area (Å²) < 4.78 is 28.8. The van der Waals surface area contributed by atoms with Gasteiger partial charge in [-0.25, -0.2) is 8.78 Å². The van der Waals surface area contributed by atoms with Crippen LogP contribution in [0, 0.1) is 0 Å². The van der Waals surface area contributed by atoms with E-state index in [4.69, 9.17) is 11.6 Å². The van der Waals surface area contributed by atoms with Crippen molar-refractivity contribution < 1.29 is 18.7 Å². The van der Waals surface area contributed by atoms with Gasteiger partial charge >= 0.3 is 0 Å². The van der Waals surface area contributed by atoms with Gasteiger partial charge in [0.2, 0.25) is 0 Å². The van der Waals surface area contributed by atoms with E-state index in [1.165, 1.54) is 18.5 Å². The number of pyridine rings is 1. The standard InChI is InChI=1S/C22H19ClF2N4O3/c23-14-7-5-13(6-8-14)18-11-16(21(32)29(28-18)15-3-2-10-26-12-15)20(31)27-17-4-1-9-22(24,25)19(17)30/h2-3,5-8,10-12,17,19,30H,1,4,9H2,(H,27,31)/t17-,19+/m0/s1. The van der Waals surface area contributed by atoms with E-state index in [1.807, 2.05) is 0 Å². The lowest BCUT2D eigenvalue weighted by Gasteiger charge is -2.34. The van der Waals surface area contributed by atoms with Crippen molar-refractivity contribution in [2.24, 2.45) is 0 Å². The number of nitrogens with zero attached hydrogens (tertiary/aromatic N) is 3.